The molecule has 0 unspecified atom stereocenters. The zero-order chi connectivity index (χ0) is 9.30. The minimum atomic E-state index is -1.59. The van der Waals surface area contributed by atoms with Crippen molar-refractivity contribution in [3.8, 4) is 5.75 Å². The van der Waals surface area contributed by atoms with Crippen molar-refractivity contribution >= 4 is 11.6 Å². The van der Waals surface area contributed by atoms with E-state index in [1.165, 1.54) is 0 Å². The molecule has 0 aromatic heterocycles. The third-order valence-electron chi connectivity index (χ3n) is 1.28. The van der Waals surface area contributed by atoms with E-state index in [2.05, 4.69) is 4.74 Å². The number of methoxy groups -OCH3 is 1. The van der Waals surface area contributed by atoms with Gasteiger partial charge in [-0.1, -0.05) is 11.6 Å². The molecule has 0 fully saturated rings. The average molecular weight is 197 g/mol. The van der Waals surface area contributed by atoms with E-state index < -0.39 is 23.2 Å². The number of rotatable bonds is 1. The molecule has 0 amide bonds. The summed E-state index contributed by atoms with van der Waals surface area (Å²) < 4.78 is 42.0. The van der Waals surface area contributed by atoms with E-state index in [1.54, 1.807) is 0 Å². The molecule has 12 heavy (non-hydrogen) atoms. The standard InChI is InChI=1S/C7H4ClF3O/c1-12-7-3(8)2-4(9)5(10)6(7)11/h2H,1H3. The van der Waals surface area contributed by atoms with Crippen molar-refractivity contribution in [2.75, 3.05) is 7.11 Å². The van der Waals surface area contributed by atoms with Gasteiger partial charge in [-0.2, -0.15) is 4.39 Å². The summed E-state index contributed by atoms with van der Waals surface area (Å²) in [6, 6.07) is 0.652. The lowest BCUT2D eigenvalue weighted by Gasteiger charge is -2.04. The van der Waals surface area contributed by atoms with Crippen LogP contribution in [-0.2, 0) is 0 Å². The summed E-state index contributed by atoms with van der Waals surface area (Å²) in [4.78, 5) is 0. The number of halogens is 4. The minimum absolute atomic E-state index is 0.297. The highest BCUT2D eigenvalue weighted by molar-refractivity contribution is 6.32. The Morgan fingerprint density at radius 1 is 1.25 bits per heavy atom. The van der Waals surface area contributed by atoms with Gasteiger partial charge in [0.15, 0.2) is 17.4 Å². The first kappa shape index (κ1) is 9.19. The molecule has 1 nitrogen and oxygen atoms in total. The number of hydrogen-bond acceptors (Lipinski definition) is 1. The van der Waals surface area contributed by atoms with Crippen molar-refractivity contribution in [2.24, 2.45) is 0 Å². The molecule has 0 atom stereocenters. The maximum Gasteiger partial charge on any atom is 0.205 e. The lowest BCUT2D eigenvalue weighted by molar-refractivity contribution is 0.361. The molecule has 5 heteroatoms. The van der Waals surface area contributed by atoms with Crippen LogP contribution < -0.4 is 4.74 Å². The largest absolute Gasteiger partial charge is 0.492 e. The minimum Gasteiger partial charge on any atom is -0.492 e. The van der Waals surface area contributed by atoms with Crippen molar-refractivity contribution in [1.82, 2.24) is 0 Å². The van der Waals surface area contributed by atoms with Crippen LogP contribution in [0.5, 0.6) is 5.75 Å². The SMILES string of the molecule is COc1c(Cl)cc(F)c(F)c1F. The van der Waals surface area contributed by atoms with Crippen LogP contribution in [0.25, 0.3) is 0 Å². The fourth-order valence-corrected chi connectivity index (χ4v) is 0.993. The normalized spacial score (nSPS) is 10.1. The number of hydrogen-bond donors (Lipinski definition) is 0. The first-order valence-electron chi connectivity index (χ1n) is 2.95. The second-order valence-electron chi connectivity index (χ2n) is 2.00. The summed E-state index contributed by atoms with van der Waals surface area (Å²) in [5.41, 5.74) is 0. The van der Waals surface area contributed by atoms with Gasteiger partial charge < -0.3 is 4.74 Å². The maximum atomic E-state index is 12.7. The molecule has 1 rings (SSSR count). The van der Waals surface area contributed by atoms with Crippen LogP contribution >= 0.6 is 11.6 Å². The highest BCUT2D eigenvalue weighted by Gasteiger charge is 2.17. The topological polar surface area (TPSA) is 9.23 Å². The average Bonchev–Trinajstić information content (AvgIpc) is 2.01. The lowest BCUT2D eigenvalue weighted by atomic mass is 10.3. The summed E-state index contributed by atoms with van der Waals surface area (Å²) in [6.45, 7) is 0. The van der Waals surface area contributed by atoms with Gasteiger partial charge in [0.25, 0.3) is 0 Å². The molecule has 66 valence electrons. The molecule has 1 aromatic rings. The summed E-state index contributed by atoms with van der Waals surface area (Å²) >= 11 is 5.34. The van der Waals surface area contributed by atoms with Crippen molar-refractivity contribution in [2.45, 2.75) is 0 Å². The molecule has 0 spiro atoms. The van der Waals surface area contributed by atoms with Crippen LogP contribution in [0.1, 0.15) is 0 Å². The van der Waals surface area contributed by atoms with E-state index in [-0.39, 0.29) is 5.02 Å². The molecule has 0 aliphatic heterocycles. The third-order valence-corrected chi connectivity index (χ3v) is 1.56. The van der Waals surface area contributed by atoms with Crippen LogP contribution in [0, 0.1) is 17.5 Å². The molecule has 0 radical (unpaired) electrons. The molecule has 0 N–H and O–H groups in total. The summed E-state index contributed by atoms with van der Waals surface area (Å²) in [6.07, 6.45) is 0. The Kier molecular flexibility index (Phi) is 2.47. The predicted molar refractivity (Wildman–Crippen MR) is 37.9 cm³/mol. The molecule has 0 aliphatic rings. The first-order chi connectivity index (χ1) is 5.57. The molecule has 0 saturated carbocycles. The smallest absolute Gasteiger partial charge is 0.205 e. The van der Waals surface area contributed by atoms with Crippen LogP contribution in [0.15, 0.2) is 6.07 Å². The maximum absolute atomic E-state index is 12.7. The highest BCUT2D eigenvalue weighted by atomic mass is 35.5. The second kappa shape index (κ2) is 3.23. The Balaban J connectivity index is 3.40. The van der Waals surface area contributed by atoms with E-state index in [1.807, 2.05) is 0 Å². The fraction of sp³-hybridized carbons (Fsp3) is 0.143. The van der Waals surface area contributed by atoms with Gasteiger partial charge in [-0.15, -0.1) is 0 Å². The molecular formula is C7H4ClF3O. The van der Waals surface area contributed by atoms with Gasteiger partial charge in [-0.25, -0.2) is 8.78 Å². The van der Waals surface area contributed by atoms with E-state index >= 15 is 0 Å². The molecular weight excluding hydrogens is 193 g/mol. The van der Waals surface area contributed by atoms with Gasteiger partial charge in [0, 0.05) is 0 Å². The van der Waals surface area contributed by atoms with Gasteiger partial charge in [0.1, 0.15) is 0 Å². The first-order valence-corrected chi connectivity index (χ1v) is 3.32. The molecule has 0 aliphatic carbocycles. The molecule has 0 saturated heterocycles. The molecule has 0 heterocycles. The Labute approximate surface area is 71.7 Å². The quantitative estimate of drug-likeness (QED) is 0.496. The van der Waals surface area contributed by atoms with Crippen LogP contribution in [0.3, 0.4) is 0 Å². The Hall–Kier alpha value is -0.900. The second-order valence-corrected chi connectivity index (χ2v) is 2.41. The Morgan fingerprint density at radius 3 is 2.33 bits per heavy atom. The van der Waals surface area contributed by atoms with Crippen molar-refractivity contribution in [3.05, 3.63) is 28.5 Å². The zero-order valence-corrected chi connectivity index (χ0v) is 6.75. The van der Waals surface area contributed by atoms with Gasteiger partial charge in [-0.3, -0.25) is 0 Å². The summed E-state index contributed by atoms with van der Waals surface area (Å²) in [5, 5.41) is -0.297. The van der Waals surface area contributed by atoms with Crippen molar-refractivity contribution in [3.63, 3.8) is 0 Å². The van der Waals surface area contributed by atoms with E-state index in [9.17, 15) is 13.2 Å². The fourth-order valence-electron chi connectivity index (χ4n) is 0.737. The third kappa shape index (κ3) is 1.34. The summed E-state index contributed by atoms with van der Waals surface area (Å²) in [5.74, 6) is -4.83. The van der Waals surface area contributed by atoms with Crippen LogP contribution in [0.2, 0.25) is 5.02 Å². The van der Waals surface area contributed by atoms with Gasteiger partial charge >= 0.3 is 0 Å². The van der Waals surface area contributed by atoms with E-state index in [0.29, 0.717) is 6.07 Å². The zero-order valence-electron chi connectivity index (χ0n) is 6.00. The number of benzene rings is 1. The van der Waals surface area contributed by atoms with Crippen molar-refractivity contribution in [1.29, 1.82) is 0 Å². The highest BCUT2D eigenvalue weighted by Crippen LogP contribution is 2.30. The predicted octanol–water partition coefficient (Wildman–Crippen LogP) is 2.77. The van der Waals surface area contributed by atoms with E-state index in [0.717, 1.165) is 7.11 Å². The van der Waals surface area contributed by atoms with Gasteiger partial charge in [0.2, 0.25) is 5.82 Å². The Morgan fingerprint density at radius 2 is 1.83 bits per heavy atom. The molecule has 0 bridgehead atoms. The van der Waals surface area contributed by atoms with Crippen molar-refractivity contribution < 1.29 is 17.9 Å². The Bertz CT molecular complexity index is 314. The van der Waals surface area contributed by atoms with E-state index in [4.69, 9.17) is 11.6 Å². The molecule has 1 aromatic carbocycles. The van der Waals surface area contributed by atoms with Crippen LogP contribution in [-0.4, -0.2) is 7.11 Å². The van der Waals surface area contributed by atoms with Gasteiger partial charge in [0.05, 0.1) is 12.1 Å². The summed E-state index contributed by atoms with van der Waals surface area (Å²) in [7, 11) is 1.11. The monoisotopic (exact) mass is 196 g/mol. The lowest BCUT2D eigenvalue weighted by Crippen LogP contribution is -1.96. The number of ether oxygens (including phenoxy) is 1. The van der Waals surface area contributed by atoms with Gasteiger partial charge in [-0.05, 0) is 6.07 Å². The van der Waals surface area contributed by atoms with Crippen LogP contribution in [0.4, 0.5) is 13.2 Å².